The van der Waals surface area contributed by atoms with E-state index in [2.05, 4.69) is 44.4 Å². The van der Waals surface area contributed by atoms with E-state index in [-0.39, 0.29) is 6.04 Å². The molecule has 0 radical (unpaired) electrons. The van der Waals surface area contributed by atoms with Crippen LogP contribution >= 0.6 is 45.3 Å². The summed E-state index contributed by atoms with van der Waals surface area (Å²) in [6.45, 7) is 0. The molecule has 3 N–H and O–H groups in total. The monoisotopic (exact) mass is 337 g/mol. The fraction of sp³-hybridized carbons (Fsp3) is 0.125. The Hall–Kier alpha value is -0.0200. The molecule has 0 aliphatic rings. The number of nitrogens with two attached hydrogens (primary N) is 1. The summed E-state index contributed by atoms with van der Waals surface area (Å²) in [5.41, 5.74) is 5.60. The van der Waals surface area contributed by atoms with Crippen molar-refractivity contribution in [2.75, 3.05) is 0 Å². The Balaban J connectivity index is 2.36. The minimum atomic E-state index is 0.0214. The van der Waals surface area contributed by atoms with Gasteiger partial charge in [-0.05, 0) is 34.0 Å². The molecule has 1 unspecified atom stereocenters. The first-order valence-corrected chi connectivity index (χ1v) is 6.80. The normalized spacial score (nSPS) is 13.0. The third-order valence-electron chi connectivity index (χ3n) is 1.82. The second kappa shape index (κ2) is 4.67. The first kappa shape index (κ1) is 10.5. The Kier molecular flexibility index (Phi) is 3.50. The molecule has 0 aromatic carbocycles. The van der Waals surface area contributed by atoms with Gasteiger partial charge in [0.2, 0.25) is 0 Å². The van der Waals surface area contributed by atoms with Gasteiger partial charge in [0.25, 0.3) is 0 Å². The maximum atomic E-state index is 5.54. The van der Waals surface area contributed by atoms with Crippen molar-refractivity contribution in [2.45, 2.75) is 6.04 Å². The molecule has 2 heterocycles. The molecular formula is C8H8IN3S2. The fourth-order valence-corrected chi connectivity index (χ4v) is 3.72. The van der Waals surface area contributed by atoms with Crippen LogP contribution in [0.4, 0.5) is 0 Å². The molecule has 0 spiro atoms. The van der Waals surface area contributed by atoms with E-state index in [0.29, 0.717) is 0 Å². The number of halogens is 1. The molecule has 0 aliphatic carbocycles. The van der Waals surface area contributed by atoms with Gasteiger partial charge < -0.3 is 0 Å². The molecule has 14 heavy (non-hydrogen) atoms. The lowest BCUT2D eigenvalue weighted by molar-refractivity contribution is 0.631. The number of hydrogen-bond acceptors (Lipinski definition) is 5. The zero-order chi connectivity index (χ0) is 9.97. The first-order chi connectivity index (χ1) is 6.83. The maximum absolute atomic E-state index is 5.54. The Morgan fingerprint density at radius 3 is 2.93 bits per heavy atom. The Morgan fingerprint density at radius 1 is 1.57 bits per heavy atom. The number of hydrogen-bond donors (Lipinski definition) is 2. The van der Waals surface area contributed by atoms with Crippen molar-refractivity contribution >= 4 is 45.3 Å². The van der Waals surface area contributed by atoms with E-state index in [1.807, 2.05) is 10.9 Å². The van der Waals surface area contributed by atoms with Gasteiger partial charge in [-0.25, -0.2) is 10.4 Å². The zero-order valence-corrected chi connectivity index (χ0v) is 10.9. The summed E-state index contributed by atoms with van der Waals surface area (Å²) < 4.78 is 1.23. The van der Waals surface area contributed by atoms with Crippen LogP contribution in [0.1, 0.15) is 16.6 Å². The Labute approximate surface area is 103 Å². The number of hydrazine groups is 1. The van der Waals surface area contributed by atoms with Gasteiger partial charge in [-0.1, -0.05) is 0 Å². The van der Waals surface area contributed by atoms with Gasteiger partial charge >= 0.3 is 0 Å². The van der Waals surface area contributed by atoms with Gasteiger partial charge in [-0.3, -0.25) is 5.84 Å². The fourth-order valence-electron chi connectivity index (χ4n) is 1.17. The zero-order valence-electron chi connectivity index (χ0n) is 7.11. The largest absolute Gasteiger partial charge is 0.270 e. The number of thiophene rings is 1. The highest BCUT2D eigenvalue weighted by Gasteiger charge is 2.17. The van der Waals surface area contributed by atoms with Crippen molar-refractivity contribution in [3.63, 3.8) is 0 Å². The van der Waals surface area contributed by atoms with Crippen LogP contribution in [-0.4, -0.2) is 4.98 Å². The van der Waals surface area contributed by atoms with Gasteiger partial charge in [0.1, 0.15) is 0 Å². The van der Waals surface area contributed by atoms with Crippen molar-refractivity contribution in [1.82, 2.24) is 10.4 Å². The topological polar surface area (TPSA) is 50.9 Å². The molecule has 74 valence electrons. The molecule has 1 atom stereocenters. The van der Waals surface area contributed by atoms with Crippen LogP contribution in [-0.2, 0) is 0 Å². The van der Waals surface area contributed by atoms with E-state index in [1.54, 1.807) is 22.7 Å². The van der Waals surface area contributed by atoms with E-state index >= 15 is 0 Å². The van der Waals surface area contributed by atoms with Crippen molar-refractivity contribution in [3.05, 3.63) is 36.5 Å². The smallest absolute Gasteiger partial charge is 0.0992 e. The second-order valence-corrected chi connectivity index (χ2v) is 5.47. The second-order valence-electron chi connectivity index (χ2n) is 2.65. The van der Waals surface area contributed by atoms with E-state index in [0.717, 1.165) is 5.69 Å². The molecule has 0 bridgehead atoms. The average molecular weight is 337 g/mol. The van der Waals surface area contributed by atoms with Crippen LogP contribution in [0, 0.1) is 3.57 Å². The SMILES string of the molecule is NNC(c1cscn1)c1sccc1I. The van der Waals surface area contributed by atoms with Crippen LogP contribution in [0.5, 0.6) is 0 Å². The molecule has 2 aromatic rings. The summed E-state index contributed by atoms with van der Waals surface area (Å²) in [6, 6.07) is 2.10. The van der Waals surface area contributed by atoms with Gasteiger partial charge in [0.15, 0.2) is 0 Å². The highest BCUT2D eigenvalue weighted by atomic mass is 127. The Morgan fingerprint density at radius 2 is 2.43 bits per heavy atom. The molecule has 6 heteroatoms. The van der Waals surface area contributed by atoms with Crippen molar-refractivity contribution in [2.24, 2.45) is 5.84 Å². The van der Waals surface area contributed by atoms with E-state index in [9.17, 15) is 0 Å². The molecule has 0 fully saturated rings. The first-order valence-electron chi connectivity index (χ1n) is 3.90. The molecule has 2 rings (SSSR count). The summed E-state index contributed by atoms with van der Waals surface area (Å²) in [4.78, 5) is 5.49. The predicted molar refractivity (Wildman–Crippen MR) is 68.3 cm³/mol. The van der Waals surface area contributed by atoms with Crippen LogP contribution in [0.25, 0.3) is 0 Å². The number of thiazole rings is 1. The number of rotatable bonds is 3. The van der Waals surface area contributed by atoms with Gasteiger partial charge in [0, 0.05) is 13.8 Å². The van der Waals surface area contributed by atoms with E-state index < -0.39 is 0 Å². The molecule has 3 nitrogen and oxygen atoms in total. The summed E-state index contributed by atoms with van der Waals surface area (Å²) in [6.07, 6.45) is 0. The highest BCUT2D eigenvalue weighted by Crippen LogP contribution is 2.29. The number of nitrogens with zero attached hydrogens (tertiary/aromatic N) is 1. The molecule has 0 aliphatic heterocycles. The van der Waals surface area contributed by atoms with Crippen molar-refractivity contribution in [3.8, 4) is 0 Å². The minimum Gasteiger partial charge on any atom is -0.270 e. The van der Waals surface area contributed by atoms with Gasteiger partial charge in [-0.15, -0.1) is 22.7 Å². The standard InChI is InChI=1S/C8H8IN3S2/c9-5-1-2-14-8(5)7(12-10)6-3-13-4-11-6/h1-4,7,12H,10H2. The average Bonchev–Trinajstić information content (AvgIpc) is 2.80. The third-order valence-corrected chi connectivity index (χ3v) is 4.71. The number of nitrogens with one attached hydrogen (secondary N) is 1. The Bertz CT molecular complexity index is 398. The number of aromatic nitrogens is 1. The van der Waals surface area contributed by atoms with E-state index in [4.69, 9.17) is 5.84 Å². The van der Waals surface area contributed by atoms with Crippen LogP contribution in [0.15, 0.2) is 22.3 Å². The summed E-state index contributed by atoms with van der Waals surface area (Å²) >= 11 is 5.59. The lowest BCUT2D eigenvalue weighted by Gasteiger charge is -2.11. The molecule has 2 aromatic heterocycles. The maximum Gasteiger partial charge on any atom is 0.0992 e. The highest BCUT2D eigenvalue weighted by molar-refractivity contribution is 14.1. The summed E-state index contributed by atoms with van der Waals surface area (Å²) in [5, 5.41) is 4.08. The lowest BCUT2D eigenvalue weighted by atomic mass is 10.2. The molecule has 0 saturated heterocycles. The summed E-state index contributed by atoms with van der Waals surface area (Å²) in [5.74, 6) is 5.54. The molecule has 0 amide bonds. The molecule has 0 saturated carbocycles. The van der Waals surface area contributed by atoms with Crippen molar-refractivity contribution in [1.29, 1.82) is 0 Å². The minimum absolute atomic E-state index is 0.0214. The third kappa shape index (κ3) is 1.98. The van der Waals surface area contributed by atoms with Crippen LogP contribution < -0.4 is 11.3 Å². The van der Waals surface area contributed by atoms with E-state index in [1.165, 1.54) is 8.45 Å². The lowest BCUT2D eigenvalue weighted by Crippen LogP contribution is -2.28. The summed E-state index contributed by atoms with van der Waals surface area (Å²) in [7, 11) is 0. The quantitative estimate of drug-likeness (QED) is 0.514. The van der Waals surface area contributed by atoms with Crippen LogP contribution in [0.2, 0.25) is 0 Å². The van der Waals surface area contributed by atoms with Crippen LogP contribution in [0.3, 0.4) is 0 Å². The molecular weight excluding hydrogens is 329 g/mol. The van der Waals surface area contributed by atoms with Gasteiger partial charge in [-0.2, -0.15) is 0 Å². The van der Waals surface area contributed by atoms with Crippen molar-refractivity contribution < 1.29 is 0 Å². The predicted octanol–water partition coefficient (Wildman–Crippen LogP) is 2.36. The van der Waals surface area contributed by atoms with Gasteiger partial charge in [0.05, 0.1) is 17.2 Å².